The maximum atomic E-state index is 13.8. The van der Waals surface area contributed by atoms with Gasteiger partial charge in [-0.2, -0.15) is 0 Å². The van der Waals surface area contributed by atoms with Gasteiger partial charge in [-0.3, -0.25) is 4.79 Å². The predicted octanol–water partition coefficient (Wildman–Crippen LogP) is 4.02. The number of rotatable bonds is 12. The molecule has 1 rings (SSSR count). The van der Waals surface area contributed by atoms with E-state index in [1.165, 1.54) is 0 Å². The topological polar surface area (TPSA) is 77.8 Å². The van der Waals surface area contributed by atoms with E-state index < -0.39 is 18.2 Å². The van der Waals surface area contributed by atoms with Gasteiger partial charge in [-0.05, 0) is 50.4 Å². The van der Waals surface area contributed by atoms with Crippen LogP contribution in [0.1, 0.15) is 64.7 Å². The van der Waals surface area contributed by atoms with Crippen LogP contribution in [0.2, 0.25) is 0 Å². The van der Waals surface area contributed by atoms with Crippen LogP contribution in [0.25, 0.3) is 0 Å². The molecule has 0 saturated heterocycles. The zero-order valence-corrected chi connectivity index (χ0v) is 15.2. The number of unbranched alkanes of at least 4 members (excludes halogenated alkanes) is 2. The minimum atomic E-state index is -1.23. The molecule has 0 aliphatic heterocycles. The van der Waals surface area contributed by atoms with Gasteiger partial charge in [0.1, 0.15) is 12.3 Å². The first kappa shape index (κ1) is 21.8. The van der Waals surface area contributed by atoms with Gasteiger partial charge in [0.05, 0.1) is 6.10 Å². The molecule has 0 heterocycles. The first-order valence-corrected chi connectivity index (χ1v) is 9.51. The quantitative estimate of drug-likeness (QED) is 0.364. The first-order valence-electron chi connectivity index (χ1n) is 9.51. The lowest BCUT2D eigenvalue weighted by atomic mass is 9.90. The third kappa shape index (κ3) is 8.63. The van der Waals surface area contributed by atoms with Gasteiger partial charge in [-0.15, -0.1) is 0 Å². The number of carboxylic acid groups (broad SMARTS) is 1. The third-order valence-corrected chi connectivity index (χ3v) is 4.94. The zero-order chi connectivity index (χ0) is 18.7. The predicted molar refractivity (Wildman–Crippen MR) is 97.0 cm³/mol. The van der Waals surface area contributed by atoms with Crippen LogP contribution in [0.5, 0.6) is 0 Å². The lowest BCUT2D eigenvalue weighted by Gasteiger charge is -2.19. The number of aliphatic carboxylic acids is 1. The maximum Gasteiger partial charge on any atom is 0.303 e. The Kier molecular flexibility index (Phi) is 10.7. The molecule has 1 fully saturated rings. The van der Waals surface area contributed by atoms with Gasteiger partial charge in [-0.25, -0.2) is 4.39 Å². The molecule has 0 spiro atoms. The molecule has 0 unspecified atom stereocenters. The summed E-state index contributed by atoms with van der Waals surface area (Å²) in [4.78, 5) is 10.4. The van der Waals surface area contributed by atoms with Crippen molar-refractivity contribution in [3.63, 3.8) is 0 Å². The summed E-state index contributed by atoms with van der Waals surface area (Å²) in [6, 6.07) is 0. The van der Waals surface area contributed by atoms with Gasteiger partial charge in [0.25, 0.3) is 0 Å². The summed E-state index contributed by atoms with van der Waals surface area (Å²) in [5, 5.41) is 28.6. The van der Waals surface area contributed by atoms with E-state index in [1.54, 1.807) is 6.08 Å². The summed E-state index contributed by atoms with van der Waals surface area (Å²) in [6.45, 7) is 1.99. The number of alkyl halides is 1. The number of aliphatic hydroxyl groups is 2. The Morgan fingerprint density at radius 1 is 1.28 bits per heavy atom. The molecule has 3 N–H and O–H groups in total. The zero-order valence-electron chi connectivity index (χ0n) is 15.2. The van der Waals surface area contributed by atoms with E-state index in [1.807, 2.05) is 25.2 Å². The van der Waals surface area contributed by atoms with Crippen molar-refractivity contribution < 1.29 is 24.5 Å². The Morgan fingerprint density at radius 2 is 2.04 bits per heavy atom. The molecule has 144 valence electrons. The molecular formula is C20H33FO4. The molecule has 1 aliphatic rings. The highest BCUT2D eigenvalue weighted by atomic mass is 19.1. The molecule has 5 atom stereocenters. The highest BCUT2D eigenvalue weighted by Crippen LogP contribution is 2.36. The number of hydrogen-bond donors (Lipinski definition) is 3. The second-order valence-electron chi connectivity index (χ2n) is 7.00. The van der Waals surface area contributed by atoms with Gasteiger partial charge in [0.2, 0.25) is 0 Å². The number of aliphatic hydroxyl groups excluding tert-OH is 2. The number of hydrogen-bond acceptors (Lipinski definition) is 3. The van der Waals surface area contributed by atoms with Gasteiger partial charge in [0.15, 0.2) is 0 Å². The van der Waals surface area contributed by atoms with Crippen LogP contribution in [-0.4, -0.2) is 39.7 Å². The van der Waals surface area contributed by atoms with Gasteiger partial charge in [-0.1, -0.05) is 44.1 Å². The molecule has 1 saturated carbocycles. The van der Waals surface area contributed by atoms with Gasteiger partial charge >= 0.3 is 5.97 Å². The molecule has 25 heavy (non-hydrogen) atoms. The monoisotopic (exact) mass is 356 g/mol. The van der Waals surface area contributed by atoms with Crippen molar-refractivity contribution in [1.29, 1.82) is 0 Å². The first-order chi connectivity index (χ1) is 12.0. The average molecular weight is 356 g/mol. The van der Waals surface area contributed by atoms with Crippen LogP contribution >= 0.6 is 0 Å². The van der Waals surface area contributed by atoms with Gasteiger partial charge in [0, 0.05) is 6.42 Å². The largest absolute Gasteiger partial charge is 0.481 e. The van der Waals surface area contributed by atoms with Crippen molar-refractivity contribution in [1.82, 2.24) is 0 Å². The van der Waals surface area contributed by atoms with Crippen molar-refractivity contribution in [2.24, 2.45) is 11.8 Å². The van der Waals surface area contributed by atoms with Crippen molar-refractivity contribution in [2.45, 2.75) is 83.1 Å². The number of halogens is 1. The summed E-state index contributed by atoms with van der Waals surface area (Å²) >= 11 is 0. The van der Waals surface area contributed by atoms with Crippen LogP contribution in [0.3, 0.4) is 0 Å². The molecule has 4 nitrogen and oxygen atoms in total. The molecule has 0 radical (unpaired) electrons. The van der Waals surface area contributed by atoms with Crippen molar-refractivity contribution in [2.75, 3.05) is 0 Å². The van der Waals surface area contributed by atoms with E-state index in [0.29, 0.717) is 19.3 Å². The minimum Gasteiger partial charge on any atom is -0.481 e. The summed E-state index contributed by atoms with van der Waals surface area (Å²) in [6.07, 6.45) is 10.5. The molecular weight excluding hydrogens is 323 g/mol. The summed E-state index contributed by atoms with van der Waals surface area (Å²) < 4.78 is 13.8. The Bertz CT molecular complexity index is 435. The smallest absolute Gasteiger partial charge is 0.303 e. The van der Waals surface area contributed by atoms with E-state index in [2.05, 4.69) is 0 Å². The molecule has 0 bridgehead atoms. The molecule has 0 aromatic rings. The van der Waals surface area contributed by atoms with E-state index in [4.69, 9.17) is 5.11 Å². The van der Waals surface area contributed by atoms with E-state index >= 15 is 0 Å². The lowest BCUT2D eigenvalue weighted by Crippen LogP contribution is -2.21. The summed E-state index contributed by atoms with van der Waals surface area (Å²) in [5.74, 6) is -0.562. The third-order valence-electron chi connectivity index (χ3n) is 4.94. The van der Waals surface area contributed by atoms with Crippen LogP contribution in [-0.2, 0) is 4.79 Å². The van der Waals surface area contributed by atoms with Crippen LogP contribution < -0.4 is 0 Å². The van der Waals surface area contributed by atoms with Crippen LogP contribution in [0.15, 0.2) is 24.3 Å². The second-order valence-corrected chi connectivity index (χ2v) is 7.00. The van der Waals surface area contributed by atoms with E-state index in [0.717, 1.165) is 32.1 Å². The standard InChI is InChI=1S/C20H33FO4/c1-2-3-9-17(21)19(23)14-12-15-11-13-18(22)16(15)8-6-4-5-7-10-20(24)25/h4,6,12,14-19,22-23H,2-3,5,7-11,13H2,1H3,(H,24,25)/b6-4-,14-12+/t15-,16-,17-,18+,19-/m1/s1. The Hall–Kier alpha value is -1.20. The SMILES string of the molecule is CCCC[C@@H](F)[C@H](O)/C=C/[C@H]1CC[C@H](O)[C@@H]1C/C=C\CCCC(=O)O. The molecule has 0 aromatic carbocycles. The fourth-order valence-electron chi connectivity index (χ4n) is 3.34. The fraction of sp³-hybridized carbons (Fsp3) is 0.750. The highest BCUT2D eigenvalue weighted by Gasteiger charge is 2.32. The highest BCUT2D eigenvalue weighted by molar-refractivity contribution is 5.66. The van der Waals surface area contributed by atoms with E-state index in [-0.39, 0.29) is 24.4 Å². The number of carboxylic acids is 1. The Labute approximate surface area is 150 Å². The van der Waals surface area contributed by atoms with Gasteiger partial charge < -0.3 is 15.3 Å². The minimum absolute atomic E-state index is 0.0767. The van der Waals surface area contributed by atoms with Crippen molar-refractivity contribution in [3.05, 3.63) is 24.3 Å². The molecule has 5 heteroatoms. The molecule has 0 aromatic heterocycles. The normalized spacial score (nSPS) is 26.5. The average Bonchev–Trinajstić information content (AvgIpc) is 2.93. The Balaban J connectivity index is 2.43. The fourth-order valence-corrected chi connectivity index (χ4v) is 3.34. The van der Waals surface area contributed by atoms with Crippen LogP contribution in [0.4, 0.5) is 4.39 Å². The Morgan fingerprint density at radius 3 is 2.72 bits per heavy atom. The summed E-state index contributed by atoms with van der Waals surface area (Å²) in [7, 11) is 0. The second kappa shape index (κ2) is 12.2. The number of allylic oxidation sites excluding steroid dienone is 3. The van der Waals surface area contributed by atoms with Crippen molar-refractivity contribution >= 4 is 5.97 Å². The van der Waals surface area contributed by atoms with Crippen LogP contribution in [0, 0.1) is 11.8 Å². The maximum absolute atomic E-state index is 13.8. The summed E-state index contributed by atoms with van der Waals surface area (Å²) in [5.41, 5.74) is 0. The molecule has 0 amide bonds. The van der Waals surface area contributed by atoms with Crippen molar-refractivity contribution in [3.8, 4) is 0 Å². The molecule has 1 aliphatic carbocycles. The number of carbonyl (C=O) groups is 1. The van der Waals surface area contributed by atoms with E-state index in [9.17, 15) is 19.4 Å². The lowest BCUT2D eigenvalue weighted by molar-refractivity contribution is -0.137.